The number of halogens is 2. The van der Waals surface area contributed by atoms with Gasteiger partial charge in [0, 0.05) is 30.9 Å². The van der Waals surface area contributed by atoms with Crippen molar-refractivity contribution >= 4 is 29.1 Å². The Hall–Kier alpha value is -2.79. The molecule has 1 atom stereocenters. The summed E-state index contributed by atoms with van der Waals surface area (Å²) in [4.78, 5) is 40.9. The highest BCUT2D eigenvalue weighted by Crippen LogP contribution is 2.35. The lowest BCUT2D eigenvalue weighted by molar-refractivity contribution is -0.135. The van der Waals surface area contributed by atoms with Gasteiger partial charge in [0.15, 0.2) is 11.8 Å². The summed E-state index contributed by atoms with van der Waals surface area (Å²) in [5.74, 6) is -1.57. The Morgan fingerprint density at radius 3 is 2.53 bits per heavy atom. The fourth-order valence-electron chi connectivity index (χ4n) is 4.59. The number of anilines is 2. The molecule has 3 N–H and O–H groups in total. The number of rotatable bonds is 10. The minimum atomic E-state index is -3.13. The first-order valence-electron chi connectivity index (χ1n) is 11.7. The van der Waals surface area contributed by atoms with Gasteiger partial charge in [0.1, 0.15) is 6.61 Å². The molecule has 1 aromatic carbocycles. The Balaban J connectivity index is 1.54. The van der Waals surface area contributed by atoms with Crippen LogP contribution in [0.15, 0.2) is 18.2 Å². The predicted octanol–water partition coefficient (Wildman–Crippen LogP) is 2.10. The molecule has 2 saturated carbocycles. The van der Waals surface area contributed by atoms with Gasteiger partial charge < -0.3 is 25.4 Å². The molecule has 0 radical (unpaired) electrons. The number of benzene rings is 1. The van der Waals surface area contributed by atoms with Crippen molar-refractivity contribution in [1.29, 1.82) is 0 Å². The largest absolute Gasteiger partial charge is 0.433 e. The molecular formula is C23H30F2N4O5. The minimum absolute atomic E-state index is 0.122. The molecule has 2 aliphatic carbocycles. The van der Waals surface area contributed by atoms with E-state index in [1.165, 1.54) is 23.1 Å². The predicted molar refractivity (Wildman–Crippen MR) is 120 cm³/mol. The van der Waals surface area contributed by atoms with E-state index in [2.05, 4.69) is 10.1 Å². The van der Waals surface area contributed by atoms with Crippen LogP contribution < -0.4 is 20.7 Å². The van der Waals surface area contributed by atoms with Crippen molar-refractivity contribution in [2.24, 2.45) is 11.7 Å². The van der Waals surface area contributed by atoms with Crippen LogP contribution in [0.4, 0.5) is 20.2 Å². The number of ether oxygens (including phenoxy) is 2. The highest BCUT2D eigenvalue weighted by molar-refractivity contribution is 6.10. The van der Waals surface area contributed by atoms with Gasteiger partial charge >= 0.3 is 6.61 Å². The third-order valence-electron chi connectivity index (χ3n) is 6.81. The second kappa shape index (κ2) is 10.6. The van der Waals surface area contributed by atoms with Gasteiger partial charge in [-0.15, -0.1) is 0 Å². The van der Waals surface area contributed by atoms with Gasteiger partial charge in [0.05, 0.1) is 12.3 Å². The van der Waals surface area contributed by atoms with Crippen LogP contribution in [0.25, 0.3) is 0 Å². The summed E-state index contributed by atoms with van der Waals surface area (Å²) >= 11 is 0. The molecule has 0 unspecified atom stereocenters. The van der Waals surface area contributed by atoms with E-state index in [1.807, 2.05) is 4.90 Å². The molecule has 3 amide bonds. The quantitative estimate of drug-likeness (QED) is 0.496. The number of nitrogens with zero attached hydrogens (tertiary/aromatic N) is 2. The Morgan fingerprint density at radius 1 is 1.24 bits per heavy atom. The standard InChI is InChI=1S/C23H30F2N4O5/c24-23(25)34-18-11-15(7-8-17(18)28-9-10-33-13-19(28)30)27-22(32)20(21(26)31)29(16-5-2-6-16)12-14-3-1-4-14/h7-8,11,14,16,20,23H,1-6,9-10,12-13H2,(H2,26,31)(H,27,32)/t20-/m0/s1. The second-order valence-electron chi connectivity index (χ2n) is 9.03. The first-order valence-corrected chi connectivity index (χ1v) is 11.7. The normalized spacial score (nSPS) is 20.1. The maximum atomic E-state index is 13.2. The molecule has 1 aliphatic heterocycles. The minimum Gasteiger partial charge on any atom is -0.433 e. The van der Waals surface area contributed by atoms with Gasteiger partial charge in [-0.2, -0.15) is 8.78 Å². The molecule has 3 aliphatic rings. The zero-order chi connectivity index (χ0) is 24.2. The number of hydrogen-bond donors (Lipinski definition) is 2. The fraction of sp³-hybridized carbons (Fsp3) is 0.609. The number of nitrogens with two attached hydrogens (primary N) is 1. The van der Waals surface area contributed by atoms with E-state index in [-0.39, 0.29) is 48.8 Å². The zero-order valence-electron chi connectivity index (χ0n) is 18.9. The SMILES string of the molecule is NC(=O)[C@@H](C(=O)Nc1ccc(N2CCOCC2=O)c(OC(F)F)c1)N(CC1CCC1)C1CCC1. The van der Waals surface area contributed by atoms with E-state index >= 15 is 0 Å². The lowest BCUT2D eigenvalue weighted by atomic mass is 9.82. The molecule has 11 heteroatoms. The van der Waals surface area contributed by atoms with Crippen molar-refractivity contribution in [3.63, 3.8) is 0 Å². The molecular weight excluding hydrogens is 450 g/mol. The van der Waals surface area contributed by atoms with Crippen molar-refractivity contribution in [1.82, 2.24) is 4.90 Å². The second-order valence-corrected chi connectivity index (χ2v) is 9.03. The molecule has 0 spiro atoms. The number of morpholine rings is 1. The Bertz CT molecular complexity index is 923. The molecule has 0 bridgehead atoms. The Kier molecular flexibility index (Phi) is 7.62. The van der Waals surface area contributed by atoms with Crippen LogP contribution in [0.5, 0.6) is 5.75 Å². The van der Waals surface area contributed by atoms with Crippen molar-refractivity contribution < 1.29 is 32.6 Å². The molecule has 186 valence electrons. The van der Waals surface area contributed by atoms with Gasteiger partial charge in [-0.05, 0) is 43.7 Å². The Morgan fingerprint density at radius 2 is 1.97 bits per heavy atom. The third-order valence-corrected chi connectivity index (χ3v) is 6.81. The van der Waals surface area contributed by atoms with Crippen molar-refractivity contribution in [3.8, 4) is 5.75 Å². The summed E-state index contributed by atoms with van der Waals surface area (Å²) in [6, 6.07) is 3.08. The maximum absolute atomic E-state index is 13.2. The van der Waals surface area contributed by atoms with E-state index < -0.39 is 24.5 Å². The van der Waals surface area contributed by atoms with Crippen molar-refractivity contribution in [2.45, 2.75) is 57.2 Å². The van der Waals surface area contributed by atoms with Gasteiger partial charge in [-0.1, -0.05) is 12.8 Å². The maximum Gasteiger partial charge on any atom is 0.387 e. The first-order chi connectivity index (χ1) is 16.3. The van der Waals surface area contributed by atoms with Gasteiger partial charge in [0.25, 0.3) is 11.8 Å². The van der Waals surface area contributed by atoms with Gasteiger partial charge in [-0.25, -0.2) is 0 Å². The summed E-state index contributed by atoms with van der Waals surface area (Å²) in [5.41, 5.74) is 5.97. The fourth-order valence-corrected chi connectivity index (χ4v) is 4.59. The summed E-state index contributed by atoms with van der Waals surface area (Å²) in [6.45, 7) is -2.22. The smallest absolute Gasteiger partial charge is 0.387 e. The number of amides is 3. The van der Waals surface area contributed by atoms with E-state index in [9.17, 15) is 23.2 Å². The zero-order valence-corrected chi connectivity index (χ0v) is 18.9. The number of carbonyl (C=O) groups excluding carboxylic acids is 3. The van der Waals surface area contributed by atoms with Crippen LogP contribution in [0, 0.1) is 5.92 Å². The summed E-state index contributed by atoms with van der Waals surface area (Å²) < 4.78 is 35.9. The molecule has 1 saturated heterocycles. The van der Waals surface area contributed by atoms with E-state index in [1.54, 1.807) is 0 Å². The van der Waals surface area contributed by atoms with Gasteiger partial charge in [-0.3, -0.25) is 19.3 Å². The average Bonchev–Trinajstić information content (AvgIpc) is 2.69. The lowest BCUT2D eigenvalue weighted by Crippen LogP contribution is -2.58. The molecule has 1 aromatic rings. The van der Waals surface area contributed by atoms with E-state index in [0.29, 0.717) is 12.5 Å². The van der Waals surface area contributed by atoms with Crippen LogP contribution in [0.2, 0.25) is 0 Å². The van der Waals surface area contributed by atoms with Crippen LogP contribution in [-0.4, -0.2) is 67.6 Å². The molecule has 3 fully saturated rings. The monoisotopic (exact) mass is 480 g/mol. The van der Waals surface area contributed by atoms with Crippen LogP contribution in [0.3, 0.4) is 0 Å². The van der Waals surface area contributed by atoms with E-state index in [4.69, 9.17) is 10.5 Å². The van der Waals surface area contributed by atoms with Crippen molar-refractivity contribution in [3.05, 3.63) is 18.2 Å². The number of hydrogen-bond acceptors (Lipinski definition) is 6. The summed E-state index contributed by atoms with van der Waals surface area (Å²) in [6.07, 6.45) is 6.10. The molecule has 4 rings (SSSR count). The van der Waals surface area contributed by atoms with Crippen molar-refractivity contribution in [2.75, 3.05) is 36.5 Å². The number of primary amides is 1. The average molecular weight is 481 g/mol. The van der Waals surface area contributed by atoms with Crippen LogP contribution >= 0.6 is 0 Å². The topological polar surface area (TPSA) is 114 Å². The number of alkyl halides is 2. The molecule has 9 nitrogen and oxygen atoms in total. The van der Waals surface area contributed by atoms with Crippen LogP contribution in [-0.2, 0) is 19.1 Å². The summed E-state index contributed by atoms with van der Waals surface area (Å²) in [5, 5.41) is 2.64. The third kappa shape index (κ3) is 5.47. The van der Waals surface area contributed by atoms with Crippen LogP contribution in [0.1, 0.15) is 38.5 Å². The summed E-state index contributed by atoms with van der Waals surface area (Å²) in [7, 11) is 0. The first kappa shape index (κ1) is 24.3. The Labute approximate surface area is 196 Å². The number of carbonyl (C=O) groups is 3. The number of nitrogens with one attached hydrogen (secondary N) is 1. The molecule has 1 heterocycles. The molecule has 0 aromatic heterocycles. The van der Waals surface area contributed by atoms with E-state index in [0.717, 1.165) is 38.5 Å². The highest BCUT2D eigenvalue weighted by atomic mass is 19.3. The molecule has 34 heavy (non-hydrogen) atoms. The van der Waals surface area contributed by atoms with Gasteiger partial charge in [0.2, 0.25) is 5.91 Å². The lowest BCUT2D eigenvalue weighted by Gasteiger charge is -2.43. The highest BCUT2D eigenvalue weighted by Gasteiger charge is 2.40.